The zero-order valence-corrected chi connectivity index (χ0v) is 10.7. The van der Waals surface area contributed by atoms with E-state index in [9.17, 15) is 4.79 Å². The summed E-state index contributed by atoms with van der Waals surface area (Å²) in [4.78, 5) is 10.6. The van der Waals surface area contributed by atoms with Crippen molar-refractivity contribution in [1.29, 1.82) is 0 Å². The molecule has 1 aromatic carbocycles. The molecule has 0 saturated carbocycles. The second-order valence-electron chi connectivity index (χ2n) is 3.12. The maximum Gasteiger partial charge on any atom is 0.356 e. The second-order valence-corrected chi connectivity index (χ2v) is 4.36. The number of ether oxygens (including phenoxy) is 1. The van der Waals surface area contributed by atoms with Crippen LogP contribution in [0.2, 0.25) is 0 Å². The number of benzene rings is 1. The summed E-state index contributed by atoms with van der Waals surface area (Å²) in [5, 5.41) is 15.8. The molecule has 0 radical (unpaired) electrons. The van der Waals surface area contributed by atoms with Crippen LogP contribution in [0.25, 0.3) is 0 Å². The van der Waals surface area contributed by atoms with E-state index in [2.05, 4.69) is 32.8 Å². The lowest BCUT2D eigenvalue weighted by atomic mass is 10.3. The highest BCUT2D eigenvalue weighted by Gasteiger charge is 2.06. The van der Waals surface area contributed by atoms with Gasteiger partial charge in [-0.25, -0.2) is 4.79 Å². The number of rotatable bonds is 3. The zero-order chi connectivity index (χ0) is 12.3. The summed E-state index contributed by atoms with van der Waals surface area (Å²) in [5.74, 6) is -0.225. The highest BCUT2D eigenvalue weighted by molar-refractivity contribution is 14.1. The van der Waals surface area contributed by atoms with Crippen molar-refractivity contribution >= 4 is 28.6 Å². The minimum absolute atomic E-state index is 0.111. The molecule has 0 saturated heterocycles. The van der Waals surface area contributed by atoms with Crippen LogP contribution in [0.4, 0.5) is 0 Å². The Labute approximate surface area is 111 Å². The number of carboxylic acid groups (broad SMARTS) is 1. The first kappa shape index (κ1) is 11.8. The van der Waals surface area contributed by atoms with Crippen molar-refractivity contribution in [3.63, 3.8) is 0 Å². The number of hydrogen-bond acceptors (Lipinski definition) is 4. The Bertz CT molecular complexity index is 525. The van der Waals surface area contributed by atoms with Crippen LogP contribution >= 0.6 is 22.6 Å². The van der Waals surface area contributed by atoms with Gasteiger partial charge in [-0.15, -0.1) is 10.2 Å². The molecule has 6 heteroatoms. The van der Waals surface area contributed by atoms with Gasteiger partial charge in [-0.05, 0) is 52.9 Å². The number of aromatic carboxylic acids is 1. The fourth-order valence-electron chi connectivity index (χ4n) is 1.11. The van der Waals surface area contributed by atoms with E-state index in [0.29, 0.717) is 5.75 Å². The molecule has 1 N–H and O–H groups in total. The molecule has 0 amide bonds. The smallest absolute Gasteiger partial charge is 0.356 e. The molecule has 86 valence electrons. The molecule has 0 spiro atoms. The van der Waals surface area contributed by atoms with Crippen LogP contribution < -0.4 is 4.74 Å². The molecule has 2 rings (SSSR count). The first-order valence-electron chi connectivity index (χ1n) is 4.65. The first-order valence-corrected chi connectivity index (χ1v) is 5.73. The quantitative estimate of drug-likeness (QED) is 0.868. The Balaban J connectivity index is 2.13. The van der Waals surface area contributed by atoms with E-state index in [4.69, 9.17) is 9.84 Å². The normalized spacial score (nSPS) is 9.94. The third-order valence-electron chi connectivity index (χ3n) is 1.90. The molecule has 0 aliphatic heterocycles. The Kier molecular flexibility index (Phi) is 3.52. The molecule has 0 aliphatic rings. The summed E-state index contributed by atoms with van der Waals surface area (Å²) in [6, 6.07) is 10.2. The molecule has 0 atom stereocenters. The summed E-state index contributed by atoms with van der Waals surface area (Å²) < 4.78 is 6.50. The lowest BCUT2D eigenvalue weighted by Crippen LogP contribution is -2.02. The van der Waals surface area contributed by atoms with Crippen molar-refractivity contribution in [2.24, 2.45) is 0 Å². The van der Waals surface area contributed by atoms with Crippen LogP contribution in [0.15, 0.2) is 36.4 Å². The topological polar surface area (TPSA) is 72.3 Å². The van der Waals surface area contributed by atoms with Gasteiger partial charge in [0, 0.05) is 9.64 Å². The van der Waals surface area contributed by atoms with E-state index < -0.39 is 5.97 Å². The second kappa shape index (κ2) is 5.09. The lowest BCUT2D eigenvalue weighted by molar-refractivity contribution is 0.0689. The molecule has 1 heterocycles. The predicted molar refractivity (Wildman–Crippen MR) is 68.2 cm³/mol. The SMILES string of the molecule is O=C(O)c1ccc(Oc2ccc(I)cc2)nn1. The number of aromatic nitrogens is 2. The minimum Gasteiger partial charge on any atom is -0.476 e. The molecule has 5 nitrogen and oxygen atoms in total. The maximum atomic E-state index is 10.6. The van der Waals surface area contributed by atoms with Crippen LogP contribution in [0.5, 0.6) is 11.6 Å². The van der Waals surface area contributed by atoms with Crippen molar-refractivity contribution in [2.45, 2.75) is 0 Å². The van der Waals surface area contributed by atoms with Gasteiger partial charge in [0.2, 0.25) is 5.88 Å². The minimum atomic E-state index is -1.11. The van der Waals surface area contributed by atoms with Crippen molar-refractivity contribution in [3.8, 4) is 11.6 Å². The van der Waals surface area contributed by atoms with E-state index in [1.807, 2.05) is 12.1 Å². The average molecular weight is 342 g/mol. The van der Waals surface area contributed by atoms with E-state index >= 15 is 0 Å². The molecule has 0 bridgehead atoms. The van der Waals surface area contributed by atoms with Gasteiger partial charge in [-0.3, -0.25) is 0 Å². The van der Waals surface area contributed by atoms with Crippen molar-refractivity contribution in [2.75, 3.05) is 0 Å². The number of carbonyl (C=O) groups is 1. The molecule has 0 aliphatic carbocycles. The summed E-state index contributed by atoms with van der Waals surface area (Å²) in [6.07, 6.45) is 0. The van der Waals surface area contributed by atoms with Gasteiger partial charge in [-0.2, -0.15) is 0 Å². The van der Waals surface area contributed by atoms with Crippen LogP contribution in [0.1, 0.15) is 10.5 Å². The molecule has 0 unspecified atom stereocenters. The average Bonchev–Trinajstić information content (AvgIpc) is 2.33. The van der Waals surface area contributed by atoms with Crippen LogP contribution in [0.3, 0.4) is 0 Å². The molecule has 0 fully saturated rings. The Morgan fingerprint density at radius 1 is 1.12 bits per heavy atom. The van der Waals surface area contributed by atoms with Gasteiger partial charge < -0.3 is 9.84 Å². The maximum absolute atomic E-state index is 10.6. The summed E-state index contributed by atoms with van der Waals surface area (Å²) in [5.41, 5.74) is -0.111. The summed E-state index contributed by atoms with van der Waals surface area (Å²) >= 11 is 2.19. The fourth-order valence-corrected chi connectivity index (χ4v) is 1.47. The van der Waals surface area contributed by atoms with Crippen LogP contribution in [0, 0.1) is 3.57 Å². The molecule has 1 aromatic heterocycles. The summed E-state index contributed by atoms with van der Waals surface area (Å²) in [6.45, 7) is 0. The zero-order valence-electron chi connectivity index (χ0n) is 8.50. The van der Waals surface area contributed by atoms with E-state index in [1.165, 1.54) is 12.1 Å². The highest BCUT2D eigenvalue weighted by Crippen LogP contribution is 2.19. The third kappa shape index (κ3) is 3.13. The highest BCUT2D eigenvalue weighted by atomic mass is 127. The molecular weight excluding hydrogens is 335 g/mol. The molecular formula is C11H7IN2O3. The van der Waals surface area contributed by atoms with E-state index in [0.717, 1.165) is 3.57 Å². The molecule has 17 heavy (non-hydrogen) atoms. The van der Waals surface area contributed by atoms with Crippen LogP contribution in [-0.4, -0.2) is 21.3 Å². The van der Waals surface area contributed by atoms with Crippen molar-refractivity contribution in [1.82, 2.24) is 10.2 Å². The van der Waals surface area contributed by atoms with Crippen molar-refractivity contribution < 1.29 is 14.6 Å². The number of hydrogen-bond donors (Lipinski definition) is 1. The van der Waals surface area contributed by atoms with E-state index in [1.54, 1.807) is 12.1 Å². The lowest BCUT2D eigenvalue weighted by Gasteiger charge is -2.03. The van der Waals surface area contributed by atoms with Crippen molar-refractivity contribution in [3.05, 3.63) is 45.7 Å². The Hall–Kier alpha value is -1.70. The fraction of sp³-hybridized carbons (Fsp3) is 0. The first-order chi connectivity index (χ1) is 8.15. The van der Waals surface area contributed by atoms with E-state index in [-0.39, 0.29) is 11.6 Å². The summed E-state index contributed by atoms with van der Waals surface area (Å²) in [7, 11) is 0. The van der Waals surface area contributed by atoms with Gasteiger partial charge in [-0.1, -0.05) is 0 Å². The monoisotopic (exact) mass is 342 g/mol. The largest absolute Gasteiger partial charge is 0.476 e. The number of nitrogens with zero attached hydrogens (tertiary/aromatic N) is 2. The standard InChI is InChI=1S/C11H7IN2O3/c12-7-1-3-8(4-2-7)17-10-6-5-9(11(15)16)13-14-10/h1-6H,(H,15,16). The third-order valence-corrected chi connectivity index (χ3v) is 2.61. The van der Waals surface area contributed by atoms with Crippen LogP contribution in [-0.2, 0) is 0 Å². The predicted octanol–water partition coefficient (Wildman–Crippen LogP) is 2.57. The Morgan fingerprint density at radius 2 is 1.82 bits per heavy atom. The van der Waals surface area contributed by atoms with Gasteiger partial charge in [0.25, 0.3) is 0 Å². The molecule has 2 aromatic rings. The van der Waals surface area contributed by atoms with Gasteiger partial charge >= 0.3 is 5.97 Å². The Morgan fingerprint density at radius 3 is 2.35 bits per heavy atom. The van der Waals surface area contributed by atoms with Gasteiger partial charge in [0.05, 0.1) is 0 Å². The van der Waals surface area contributed by atoms with Gasteiger partial charge in [0.1, 0.15) is 5.75 Å². The number of halogens is 1. The number of carboxylic acids is 1. The van der Waals surface area contributed by atoms with Gasteiger partial charge in [0.15, 0.2) is 5.69 Å².